The predicted octanol–water partition coefficient (Wildman–Crippen LogP) is 3.35. The lowest BCUT2D eigenvalue weighted by Gasteiger charge is -2.58. The van der Waals surface area contributed by atoms with Crippen molar-refractivity contribution in [2.45, 2.75) is 90.1 Å². The van der Waals surface area contributed by atoms with Crippen LogP contribution in [0.25, 0.3) is 0 Å². The number of cyclic esters (lactones) is 1. The topological polar surface area (TPSA) is 96.4 Å². The molecule has 0 aromatic rings. The average molecular weight is 471 g/mol. The maximum atomic E-state index is 13.3. The van der Waals surface area contributed by atoms with Gasteiger partial charge in [0.05, 0.1) is 23.7 Å². The third-order valence-corrected chi connectivity index (χ3v) is 11.6. The lowest BCUT2D eigenvalue weighted by atomic mass is 9.44. The summed E-state index contributed by atoms with van der Waals surface area (Å²) in [4.78, 5) is 25.8. The van der Waals surface area contributed by atoms with E-state index < -0.39 is 17.1 Å². The largest absolute Gasteiger partial charge is 0.458 e. The Morgan fingerprint density at radius 2 is 1.94 bits per heavy atom. The van der Waals surface area contributed by atoms with E-state index in [1.165, 1.54) is 0 Å². The summed E-state index contributed by atoms with van der Waals surface area (Å²) >= 11 is 0. The Hall–Kier alpha value is -1.50. The molecule has 0 amide bonds. The highest BCUT2D eigenvalue weighted by molar-refractivity contribution is 5.98. The smallest absolute Gasteiger partial charge is 0.336 e. The molecule has 34 heavy (non-hydrogen) atoms. The van der Waals surface area contributed by atoms with Crippen molar-refractivity contribution in [2.75, 3.05) is 6.61 Å². The molecule has 186 valence electrons. The van der Waals surface area contributed by atoms with Crippen LogP contribution in [-0.2, 0) is 19.1 Å². The van der Waals surface area contributed by atoms with Crippen molar-refractivity contribution >= 4 is 11.8 Å². The molecule has 1 spiro atoms. The second-order valence-electron chi connectivity index (χ2n) is 12.5. The molecule has 0 radical (unpaired) electrons. The number of ketones is 1. The van der Waals surface area contributed by atoms with Crippen LogP contribution >= 0.6 is 0 Å². The van der Waals surface area contributed by atoms with Crippen LogP contribution in [0.1, 0.15) is 66.2 Å². The molecule has 0 bridgehead atoms. The Bertz CT molecular complexity index is 999. The number of ether oxygens (including phenoxy) is 2. The van der Waals surface area contributed by atoms with Crippen molar-refractivity contribution in [1.82, 2.24) is 0 Å². The fourth-order valence-corrected chi connectivity index (χ4v) is 9.69. The number of hydrogen-bond donors (Lipinski definition) is 2. The first-order valence-electron chi connectivity index (χ1n) is 13.2. The second-order valence-corrected chi connectivity index (χ2v) is 12.5. The highest BCUT2D eigenvalue weighted by atomic mass is 16.6. The Morgan fingerprint density at radius 3 is 2.65 bits per heavy atom. The van der Waals surface area contributed by atoms with Gasteiger partial charge in [0, 0.05) is 6.42 Å². The number of allylic oxidation sites excluding steroid dienone is 1. The van der Waals surface area contributed by atoms with Crippen LogP contribution in [0.2, 0.25) is 0 Å². The molecule has 6 unspecified atom stereocenters. The molecule has 2 N–H and O–H groups in total. The molecule has 3 saturated carbocycles. The van der Waals surface area contributed by atoms with Gasteiger partial charge in [0.2, 0.25) is 0 Å². The molecule has 6 rings (SSSR count). The van der Waals surface area contributed by atoms with Gasteiger partial charge in [-0.15, -0.1) is 0 Å². The van der Waals surface area contributed by atoms with Crippen molar-refractivity contribution in [3.63, 3.8) is 0 Å². The van der Waals surface area contributed by atoms with Crippen molar-refractivity contribution < 1.29 is 29.3 Å². The Labute approximate surface area is 201 Å². The highest BCUT2D eigenvalue weighted by Crippen LogP contribution is 2.73. The van der Waals surface area contributed by atoms with Gasteiger partial charge < -0.3 is 19.7 Å². The zero-order valence-corrected chi connectivity index (χ0v) is 20.8. The van der Waals surface area contributed by atoms with E-state index in [1.807, 2.05) is 6.92 Å². The molecule has 6 nitrogen and oxygen atoms in total. The third-order valence-electron chi connectivity index (χ3n) is 11.6. The first-order chi connectivity index (χ1) is 16.1. The lowest BCUT2D eigenvalue weighted by Crippen LogP contribution is -2.63. The van der Waals surface area contributed by atoms with Gasteiger partial charge in [-0.25, -0.2) is 4.79 Å². The molecule has 11 atom stereocenters. The summed E-state index contributed by atoms with van der Waals surface area (Å²) in [6.07, 6.45) is 8.23. The molecule has 2 aliphatic heterocycles. The number of fused-ring (bicyclic) bond motifs is 4. The van der Waals surface area contributed by atoms with Crippen LogP contribution in [0.4, 0.5) is 0 Å². The average Bonchev–Trinajstić information content (AvgIpc) is 3.43. The Morgan fingerprint density at radius 1 is 1.18 bits per heavy atom. The number of aliphatic hydroxyl groups excluding tert-OH is 2. The van der Waals surface area contributed by atoms with Crippen molar-refractivity contribution in [3.8, 4) is 0 Å². The van der Waals surface area contributed by atoms with E-state index >= 15 is 0 Å². The second kappa shape index (κ2) is 7.27. The van der Waals surface area contributed by atoms with Crippen LogP contribution in [0.15, 0.2) is 23.3 Å². The molecule has 2 heterocycles. The van der Waals surface area contributed by atoms with Gasteiger partial charge in [0.15, 0.2) is 5.78 Å². The van der Waals surface area contributed by atoms with Crippen molar-refractivity contribution in [1.29, 1.82) is 0 Å². The highest BCUT2D eigenvalue weighted by Gasteiger charge is 2.80. The van der Waals surface area contributed by atoms with Gasteiger partial charge >= 0.3 is 5.97 Å². The first kappa shape index (κ1) is 22.9. The molecule has 1 saturated heterocycles. The quantitative estimate of drug-likeness (QED) is 0.485. The zero-order chi connectivity index (χ0) is 24.2. The van der Waals surface area contributed by atoms with Crippen LogP contribution in [0, 0.1) is 40.4 Å². The van der Waals surface area contributed by atoms with Gasteiger partial charge in [-0.1, -0.05) is 19.4 Å². The van der Waals surface area contributed by atoms with E-state index in [0.29, 0.717) is 29.7 Å². The normalized spacial score (nSPS) is 52.4. The number of hydrogen-bond acceptors (Lipinski definition) is 6. The minimum Gasteiger partial charge on any atom is -0.458 e. The van der Waals surface area contributed by atoms with Crippen LogP contribution < -0.4 is 0 Å². The lowest BCUT2D eigenvalue weighted by molar-refractivity contribution is -0.155. The summed E-state index contributed by atoms with van der Waals surface area (Å²) in [7, 11) is 0. The predicted molar refractivity (Wildman–Crippen MR) is 124 cm³/mol. The number of aliphatic hydroxyl groups is 2. The zero-order valence-electron chi connectivity index (χ0n) is 20.8. The van der Waals surface area contributed by atoms with Crippen LogP contribution in [0.5, 0.6) is 0 Å². The molecule has 0 aromatic carbocycles. The number of esters is 1. The molecule has 4 fully saturated rings. The number of epoxide rings is 1. The van der Waals surface area contributed by atoms with Gasteiger partial charge in [0.25, 0.3) is 0 Å². The molecular weight excluding hydrogens is 432 g/mol. The fraction of sp³-hybridized carbons (Fsp3) is 0.786. The molecular formula is C28H38O6. The minimum absolute atomic E-state index is 0.0366. The Kier molecular flexibility index (Phi) is 4.90. The van der Waals surface area contributed by atoms with Gasteiger partial charge in [-0.05, 0) is 93.1 Å². The number of carbonyl (C=O) groups is 2. The SMILES string of the molecule is CC1=C(CO)C(=O)OC([C@@H](C)C2CCC3C4C[C@H]5OC56[C@@H](O)C=CC(=O)[C@]6(C)C4CC[C@@]32C)C1. The summed E-state index contributed by atoms with van der Waals surface area (Å²) in [6, 6.07) is 0. The van der Waals surface area contributed by atoms with Crippen LogP contribution in [0.3, 0.4) is 0 Å². The molecule has 6 heteroatoms. The minimum atomic E-state index is -0.719. The first-order valence-corrected chi connectivity index (χ1v) is 13.2. The van der Waals surface area contributed by atoms with Gasteiger partial charge in [0.1, 0.15) is 17.8 Å². The van der Waals surface area contributed by atoms with E-state index in [1.54, 1.807) is 12.2 Å². The molecule has 4 aliphatic carbocycles. The molecule has 6 aliphatic rings. The summed E-state index contributed by atoms with van der Waals surface area (Å²) < 4.78 is 12.1. The van der Waals surface area contributed by atoms with Crippen LogP contribution in [-0.4, -0.2) is 52.5 Å². The van der Waals surface area contributed by atoms with E-state index in [0.717, 1.165) is 37.7 Å². The monoisotopic (exact) mass is 470 g/mol. The van der Waals surface area contributed by atoms with E-state index in [9.17, 15) is 19.8 Å². The van der Waals surface area contributed by atoms with E-state index in [2.05, 4.69) is 20.8 Å². The standard InChI is InChI=1S/C28H38O6/c1-14-11-21(33-25(32)17(14)13-29)15(2)18-5-6-19-16-12-24-28(34-24)23(31)8-7-22(30)27(28,4)20(16)9-10-26(18,19)3/h7-8,15-16,18-21,23-24,29,31H,5-6,9-13H2,1-4H3/t15-,16?,18?,19?,20?,21?,23-,24+,26+,27-,28?/m0/s1. The van der Waals surface area contributed by atoms with Crippen molar-refractivity contribution in [2.24, 2.45) is 40.4 Å². The van der Waals surface area contributed by atoms with E-state index in [-0.39, 0.29) is 47.8 Å². The fourth-order valence-electron chi connectivity index (χ4n) is 9.69. The molecule has 0 aromatic heterocycles. The number of rotatable bonds is 3. The summed E-state index contributed by atoms with van der Waals surface area (Å²) in [5, 5.41) is 20.4. The van der Waals surface area contributed by atoms with Gasteiger partial charge in [-0.3, -0.25) is 4.79 Å². The summed E-state index contributed by atoms with van der Waals surface area (Å²) in [6.45, 7) is 8.41. The third kappa shape index (κ3) is 2.63. The summed E-state index contributed by atoms with van der Waals surface area (Å²) in [5.74, 6) is 1.61. The maximum absolute atomic E-state index is 13.3. The van der Waals surface area contributed by atoms with E-state index in [4.69, 9.17) is 9.47 Å². The van der Waals surface area contributed by atoms with Gasteiger partial charge in [-0.2, -0.15) is 0 Å². The number of carbonyl (C=O) groups excluding carboxylic acids is 2. The maximum Gasteiger partial charge on any atom is 0.336 e. The summed E-state index contributed by atoms with van der Waals surface area (Å²) in [5.41, 5.74) is 0.129. The van der Waals surface area contributed by atoms with Crippen molar-refractivity contribution in [3.05, 3.63) is 23.3 Å². The Balaban J connectivity index is 1.27.